The molecular weight excluding hydrogens is 216 g/mol. The molecule has 1 atom stereocenters. The molecule has 0 aromatic carbocycles. The Morgan fingerprint density at radius 1 is 1.65 bits per heavy atom. The maximum Gasteiger partial charge on any atom is 0.270 e. The normalized spacial score (nSPS) is 19.6. The van der Waals surface area contributed by atoms with Crippen molar-refractivity contribution in [3.8, 4) is 0 Å². The van der Waals surface area contributed by atoms with Gasteiger partial charge in [0.1, 0.15) is 5.69 Å². The first-order chi connectivity index (χ1) is 8.18. The quantitative estimate of drug-likeness (QED) is 0.873. The van der Waals surface area contributed by atoms with Gasteiger partial charge in [0.25, 0.3) is 5.91 Å². The molecule has 1 amide bonds. The first-order valence-electron chi connectivity index (χ1n) is 6.02. The number of hydrogen-bond donors (Lipinski definition) is 1. The molecule has 1 aromatic rings. The zero-order chi connectivity index (χ0) is 12.3. The second kappa shape index (κ2) is 5.27. The number of amides is 1. The van der Waals surface area contributed by atoms with Gasteiger partial charge in [-0.15, -0.1) is 0 Å². The number of carbonyl (C=O) groups excluding carboxylic acids is 1. The van der Waals surface area contributed by atoms with E-state index in [9.17, 15) is 4.79 Å². The van der Waals surface area contributed by atoms with Crippen LogP contribution in [0.5, 0.6) is 0 Å². The van der Waals surface area contributed by atoms with Crippen molar-refractivity contribution in [1.82, 2.24) is 10.3 Å². The number of aromatic nitrogens is 1. The number of rotatable bonds is 3. The molecule has 4 heteroatoms. The largest absolute Gasteiger partial charge is 0.379 e. The van der Waals surface area contributed by atoms with Crippen LogP contribution in [0, 0.1) is 0 Å². The second-order valence-electron chi connectivity index (χ2n) is 4.63. The van der Waals surface area contributed by atoms with Crippen molar-refractivity contribution in [2.75, 3.05) is 13.2 Å². The average Bonchev–Trinajstić information content (AvgIpc) is 2.81. The number of pyridine rings is 1. The molecule has 2 heterocycles. The number of ether oxygens (including phenoxy) is 1. The zero-order valence-corrected chi connectivity index (χ0v) is 10.3. The van der Waals surface area contributed by atoms with Crippen LogP contribution < -0.4 is 5.32 Å². The van der Waals surface area contributed by atoms with Crippen LogP contribution in [0.4, 0.5) is 0 Å². The third-order valence-electron chi connectivity index (χ3n) is 2.94. The second-order valence-corrected chi connectivity index (χ2v) is 4.63. The molecule has 17 heavy (non-hydrogen) atoms. The van der Waals surface area contributed by atoms with E-state index in [0.29, 0.717) is 18.2 Å². The number of nitrogens with one attached hydrogen (secondary N) is 1. The van der Waals surface area contributed by atoms with Gasteiger partial charge in [0.05, 0.1) is 12.6 Å². The highest BCUT2D eigenvalue weighted by Crippen LogP contribution is 2.17. The fourth-order valence-corrected chi connectivity index (χ4v) is 1.98. The molecule has 0 bridgehead atoms. The summed E-state index contributed by atoms with van der Waals surface area (Å²) in [5, 5.41) is 2.96. The molecule has 0 radical (unpaired) electrons. The van der Waals surface area contributed by atoms with Gasteiger partial charge >= 0.3 is 0 Å². The summed E-state index contributed by atoms with van der Waals surface area (Å²) in [5.74, 6) is 0.203. The minimum Gasteiger partial charge on any atom is -0.379 e. The fourth-order valence-electron chi connectivity index (χ4n) is 1.98. The lowest BCUT2D eigenvalue weighted by Gasteiger charge is -2.14. The van der Waals surface area contributed by atoms with Gasteiger partial charge in [-0.05, 0) is 24.0 Å². The van der Waals surface area contributed by atoms with Crippen molar-refractivity contribution in [3.63, 3.8) is 0 Å². The molecule has 1 aliphatic heterocycles. The Balaban J connectivity index is 0.00000162. The summed E-state index contributed by atoms with van der Waals surface area (Å²) in [6.45, 7) is 5.46. The highest BCUT2D eigenvalue weighted by atomic mass is 16.5. The van der Waals surface area contributed by atoms with E-state index in [4.69, 9.17) is 4.74 Å². The molecule has 0 saturated carbocycles. The van der Waals surface area contributed by atoms with Crippen LogP contribution >= 0.6 is 0 Å². The highest BCUT2D eigenvalue weighted by molar-refractivity contribution is 5.94. The van der Waals surface area contributed by atoms with Gasteiger partial charge in [0.2, 0.25) is 0 Å². The van der Waals surface area contributed by atoms with Crippen LogP contribution in [-0.4, -0.2) is 30.1 Å². The Labute approximate surface area is 103 Å². The first-order valence-corrected chi connectivity index (χ1v) is 6.02. The average molecular weight is 236 g/mol. The van der Waals surface area contributed by atoms with Gasteiger partial charge in [-0.25, -0.2) is 0 Å². The number of carbonyl (C=O) groups is 1. The van der Waals surface area contributed by atoms with Crippen molar-refractivity contribution in [2.45, 2.75) is 32.2 Å². The summed E-state index contributed by atoms with van der Waals surface area (Å²) < 4.78 is 5.24. The maximum absolute atomic E-state index is 12.1. The molecule has 1 N–H and O–H groups in total. The Morgan fingerprint density at radius 2 is 2.47 bits per heavy atom. The van der Waals surface area contributed by atoms with E-state index < -0.39 is 0 Å². The van der Waals surface area contributed by atoms with E-state index >= 15 is 0 Å². The lowest BCUT2D eigenvalue weighted by atomic mass is 10.0. The molecule has 0 unspecified atom stereocenters. The summed E-state index contributed by atoms with van der Waals surface area (Å²) in [6, 6.07) is 3.95. The van der Waals surface area contributed by atoms with Gasteiger partial charge in [-0.3, -0.25) is 9.78 Å². The molecule has 1 aliphatic rings. The summed E-state index contributed by atoms with van der Waals surface area (Å²) in [6.07, 6.45) is 2.54. The summed E-state index contributed by atoms with van der Waals surface area (Å²) in [4.78, 5) is 16.3. The predicted molar refractivity (Wildman–Crippen MR) is 67.1 cm³/mol. The minimum atomic E-state index is -0.0928. The third-order valence-corrected chi connectivity index (χ3v) is 2.94. The van der Waals surface area contributed by atoms with Crippen molar-refractivity contribution in [2.24, 2.45) is 0 Å². The Kier molecular flexibility index (Phi) is 3.74. The Hall–Kier alpha value is -1.42. The van der Waals surface area contributed by atoms with E-state index in [-0.39, 0.29) is 13.4 Å². The van der Waals surface area contributed by atoms with E-state index in [2.05, 4.69) is 24.1 Å². The fraction of sp³-hybridized carbons (Fsp3) is 0.538. The standard InChI is InChI=1S/C13H18N2O2.H2/c1-9(2)11-4-3-6-14-12(11)13(16)15-10-5-7-17-8-10;/h3-4,6,9-10H,5,7-8H2,1-2H3,(H,15,16);1H/t10-;/m1./s1. The number of hydrogen-bond acceptors (Lipinski definition) is 3. The summed E-state index contributed by atoms with van der Waals surface area (Å²) >= 11 is 0. The minimum absolute atomic E-state index is 0. The van der Waals surface area contributed by atoms with Crippen molar-refractivity contribution in [3.05, 3.63) is 29.6 Å². The molecule has 94 valence electrons. The summed E-state index contributed by atoms with van der Waals surface area (Å²) in [5.41, 5.74) is 1.53. The lowest BCUT2D eigenvalue weighted by Crippen LogP contribution is -2.36. The molecule has 1 fully saturated rings. The molecule has 4 nitrogen and oxygen atoms in total. The van der Waals surface area contributed by atoms with Crippen molar-refractivity contribution in [1.29, 1.82) is 0 Å². The van der Waals surface area contributed by atoms with Crippen molar-refractivity contribution >= 4 is 5.91 Å². The van der Waals surface area contributed by atoms with Gasteiger partial charge in [0, 0.05) is 14.2 Å². The predicted octanol–water partition coefficient (Wildman–Crippen LogP) is 1.97. The van der Waals surface area contributed by atoms with Gasteiger partial charge in [-0.2, -0.15) is 0 Å². The molecular formula is C13H20N2O2. The van der Waals surface area contributed by atoms with E-state index in [1.165, 1.54) is 0 Å². The van der Waals surface area contributed by atoms with Gasteiger partial charge in [0.15, 0.2) is 0 Å². The molecule has 2 rings (SSSR count). The smallest absolute Gasteiger partial charge is 0.270 e. The molecule has 1 aromatic heterocycles. The molecule has 1 saturated heterocycles. The molecule has 0 aliphatic carbocycles. The maximum atomic E-state index is 12.1. The topological polar surface area (TPSA) is 51.2 Å². The van der Waals surface area contributed by atoms with Crippen LogP contribution in [0.2, 0.25) is 0 Å². The zero-order valence-electron chi connectivity index (χ0n) is 10.3. The van der Waals surface area contributed by atoms with Crippen LogP contribution in [0.25, 0.3) is 0 Å². The van der Waals surface area contributed by atoms with Gasteiger partial charge in [-0.1, -0.05) is 19.9 Å². The summed E-state index contributed by atoms with van der Waals surface area (Å²) in [7, 11) is 0. The monoisotopic (exact) mass is 236 g/mol. The highest BCUT2D eigenvalue weighted by Gasteiger charge is 2.21. The van der Waals surface area contributed by atoms with E-state index in [0.717, 1.165) is 18.6 Å². The SMILES string of the molecule is CC(C)c1cccnc1C(=O)N[C@@H]1CCOC1.[HH]. The molecule has 0 spiro atoms. The van der Waals surface area contributed by atoms with Crippen LogP contribution in [-0.2, 0) is 4.74 Å². The number of nitrogens with zero attached hydrogens (tertiary/aromatic N) is 1. The van der Waals surface area contributed by atoms with E-state index in [1.807, 2.05) is 12.1 Å². The first kappa shape index (κ1) is 12.0. The van der Waals surface area contributed by atoms with Crippen LogP contribution in [0.1, 0.15) is 43.7 Å². The van der Waals surface area contributed by atoms with Crippen molar-refractivity contribution < 1.29 is 11.0 Å². The Bertz CT molecular complexity index is 404. The van der Waals surface area contributed by atoms with Crippen LogP contribution in [0.3, 0.4) is 0 Å². The van der Waals surface area contributed by atoms with Gasteiger partial charge < -0.3 is 10.1 Å². The third kappa shape index (κ3) is 2.82. The van der Waals surface area contributed by atoms with E-state index in [1.54, 1.807) is 6.20 Å². The lowest BCUT2D eigenvalue weighted by molar-refractivity contribution is 0.0923. The van der Waals surface area contributed by atoms with Crippen LogP contribution in [0.15, 0.2) is 18.3 Å². The Morgan fingerprint density at radius 3 is 3.12 bits per heavy atom.